The molecule has 20 heavy (non-hydrogen) atoms. The molecule has 0 amide bonds. The van der Waals surface area contributed by atoms with E-state index >= 15 is 0 Å². The Hall–Kier alpha value is -1.45. The third-order valence-corrected chi connectivity index (χ3v) is 4.18. The molecule has 0 spiro atoms. The molecule has 2 rings (SSSR count). The van der Waals surface area contributed by atoms with Crippen molar-refractivity contribution in [2.24, 2.45) is 0 Å². The van der Waals surface area contributed by atoms with Gasteiger partial charge in [0, 0.05) is 4.90 Å². The number of ether oxygens (including phenoxy) is 1. The van der Waals surface area contributed by atoms with Gasteiger partial charge < -0.3 is 9.84 Å². The molecule has 0 aromatic heterocycles. The van der Waals surface area contributed by atoms with Gasteiger partial charge in [0.2, 0.25) is 0 Å². The van der Waals surface area contributed by atoms with Gasteiger partial charge in [-0.05, 0) is 48.4 Å². The first kappa shape index (κ1) is 14.9. The van der Waals surface area contributed by atoms with Crippen LogP contribution in [0.25, 0.3) is 0 Å². The lowest BCUT2D eigenvalue weighted by atomic mass is 10.0. The van der Waals surface area contributed by atoms with E-state index in [4.69, 9.17) is 4.74 Å². The van der Waals surface area contributed by atoms with Gasteiger partial charge in [-0.2, -0.15) is 0 Å². The van der Waals surface area contributed by atoms with Crippen LogP contribution in [0.3, 0.4) is 0 Å². The standard InChI is InChI=1S/C17H20O2S/c1-19-14-10-7-13(8-11-14)9-12-16(18)15-5-3-4-6-17(15)20-2/h3-8,10-11,16,18H,9,12H2,1-2H3. The Morgan fingerprint density at radius 3 is 2.45 bits per heavy atom. The highest BCUT2D eigenvalue weighted by atomic mass is 32.2. The van der Waals surface area contributed by atoms with Crippen LogP contribution in [0, 0.1) is 0 Å². The Morgan fingerprint density at radius 2 is 1.80 bits per heavy atom. The number of methoxy groups -OCH3 is 1. The summed E-state index contributed by atoms with van der Waals surface area (Å²) in [5, 5.41) is 10.4. The van der Waals surface area contributed by atoms with Crippen molar-refractivity contribution in [1.82, 2.24) is 0 Å². The Kier molecular flexibility index (Phi) is 5.50. The summed E-state index contributed by atoms with van der Waals surface area (Å²) in [6.45, 7) is 0. The molecule has 0 heterocycles. The normalized spacial score (nSPS) is 12.2. The maximum Gasteiger partial charge on any atom is 0.118 e. The summed E-state index contributed by atoms with van der Waals surface area (Å²) in [4.78, 5) is 1.15. The summed E-state index contributed by atoms with van der Waals surface area (Å²) in [5.41, 5.74) is 2.24. The van der Waals surface area contributed by atoms with Gasteiger partial charge in [-0.1, -0.05) is 30.3 Å². The van der Waals surface area contributed by atoms with Crippen molar-refractivity contribution < 1.29 is 9.84 Å². The van der Waals surface area contributed by atoms with E-state index in [2.05, 4.69) is 6.07 Å². The van der Waals surface area contributed by atoms with Crippen LogP contribution in [-0.2, 0) is 6.42 Å². The van der Waals surface area contributed by atoms with E-state index in [0.29, 0.717) is 0 Å². The Bertz CT molecular complexity index is 537. The summed E-state index contributed by atoms with van der Waals surface area (Å²) < 4.78 is 5.14. The van der Waals surface area contributed by atoms with Crippen LogP contribution in [0.5, 0.6) is 5.75 Å². The fourth-order valence-corrected chi connectivity index (χ4v) is 2.85. The number of thioether (sulfide) groups is 1. The second-order valence-corrected chi connectivity index (χ2v) is 5.49. The third kappa shape index (κ3) is 3.78. The lowest BCUT2D eigenvalue weighted by Crippen LogP contribution is -2.01. The Morgan fingerprint density at radius 1 is 1.10 bits per heavy atom. The highest BCUT2D eigenvalue weighted by molar-refractivity contribution is 7.98. The van der Waals surface area contributed by atoms with Crippen molar-refractivity contribution in [3.05, 3.63) is 59.7 Å². The van der Waals surface area contributed by atoms with Gasteiger partial charge in [-0.15, -0.1) is 11.8 Å². The minimum absolute atomic E-state index is 0.416. The minimum Gasteiger partial charge on any atom is -0.497 e. The number of aliphatic hydroxyl groups excluding tert-OH is 1. The molecular weight excluding hydrogens is 268 g/mol. The van der Waals surface area contributed by atoms with E-state index in [1.807, 2.05) is 48.7 Å². The molecule has 0 aliphatic heterocycles. The van der Waals surface area contributed by atoms with Crippen LogP contribution >= 0.6 is 11.8 Å². The molecule has 0 bridgehead atoms. The molecule has 0 saturated carbocycles. The van der Waals surface area contributed by atoms with Gasteiger partial charge in [0.05, 0.1) is 13.2 Å². The molecular formula is C17H20O2S. The summed E-state index contributed by atoms with van der Waals surface area (Å²) in [5.74, 6) is 0.863. The number of hydrogen-bond acceptors (Lipinski definition) is 3. The second-order valence-electron chi connectivity index (χ2n) is 4.64. The van der Waals surface area contributed by atoms with E-state index in [0.717, 1.165) is 29.1 Å². The van der Waals surface area contributed by atoms with Gasteiger partial charge in [0.25, 0.3) is 0 Å². The van der Waals surface area contributed by atoms with Crippen LogP contribution in [-0.4, -0.2) is 18.5 Å². The molecule has 3 heteroatoms. The maximum absolute atomic E-state index is 10.4. The molecule has 2 nitrogen and oxygen atoms in total. The molecule has 1 atom stereocenters. The van der Waals surface area contributed by atoms with Crippen LogP contribution in [0.4, 0.5) is 0 Å². The SMILES string of the molecule is COc1ccc(CCC(O)c2ccccc2SC)cc1. The third-order valence-electron chi connectivity index (χ3n) is 3.36. The summed E-state index contributed by atoms with van der Waals surface area (Å²) in [6, 6.07) is 16.0. The maximum atomic E-state index is 10.4. The smallest absolute Gasteiger partial charge is 0.118 e. The first-order valence-electron chi connectivity index (χ1n) is 6.68. The van der Waals surface area contributed by atoms with Crippen LogP contribution in [0.15, 0.2) is 53.4 Å². The van der Waals surface area contributed by atoms with Crippen molar-refractivity contribution in [2.45, 2.75) is 23.8 Å². The summed E-state index contributed by atoms with van der Waals surface area (Å²) in [7, 11) is 1.66. The average molecular weight is 288 g/mol. The van der Waals surface area contributed by atoms with E-state index < -0.39 is 6.10 Å². The van der Waals surface area contributed by atoms with Crippen LogP contribution in [0.2, 0.25) is 0 Å². The zero-order chi connectivity index (χ0) is 14.4. The monoisotopic (exact) mass is 288 g/mol. The van der Waals surface area contributed by atoms with E-state index in [-0.39, 0.29) is 0 Å². The van der Waals surface area contributed by atoms with E-state index in [1.165, 1.54) is 5.56 Å². The Labute approximate surface area is 124 Å². The highest BCUT2D eigenvalue weighted by Gasteiger charge is 2.11. The van der Waals surface area contributed by atoms with Gasteiger partial charge in [0.1, 0.15) is 5.75 Å². The van der Waals surface area contributed by atoms with Crippen molar-refractivity contribution in [3.8, 4) is 5.75 Å². The predicted molar refractivity (Wildman–Crippen MR) is 84.5 cm³/mol. The molecule has 1 unspecified atom stereocenters. The molecule has 1 N–H and O–H groups in total. The molecule has 0 radical (unpaired) electrons. The Balaban J connectivity index is 1.98. The second kappa shape index (κ2) is 7.36. The lowest BCUT2D eigenvalue weighted by Gasteiger charge is -2.14. The first-order valence-corrected chi connectivity index (χ1v) is 7.91. The molecule has 0 saturated heterocycles. The van der Waals surface area contributed by atoms with Gasteiger partial charge in [-0.25, -0.2) is 0 Å². The van der Waals surface area contributed by atoms with E-state index in [9.17, 15) is 5.11 Å². The fourth-order valence-electron chi connectivity index (χ4n) is 2.19. The fraction of sp³-hybridized carbons (Fsp3) is 0.294. The van der Waals surface area contributed by atoms with Crippen LogP contribution in [0.1, 0.15) is 23.7 Å². The zero-order valence-corrected chi connectivity index (χ0v) is 12.7. The molecule has 2 aromatic rings. The summed E-state index contributed by atoms with van der Waals surface area (Å²) in [6.07, 6.45) is 3.20. The predicted octanol–water partition coefficient (Wildman–Crippen LogP) is 4.08. The highest BCUT2D eigenvalue weighted by Crippen LogP contribution is 2.28. The van der Waals surface area contributed by atoms with Crippen molar-refractivity contribution in [3.63, 3.8) is 0 Å². The molecule has 2 aromatic carbocycles. The number of hydrogen-bond donors (Lipinski definition) is 1. The lowest BCUT2D eigenvalue weighted by molar-refractivity contribution is 0.165. The van der Waals surface area contributed by atoms with E-state index in [1.54, 1.807) is 18.9 Å². The van der Waals surface area contributed by atoms with Gasteiger partial charge in [0.15, 0.2) is 0 Å². The molecule has 0 fully saturated rings. The molecule has 0 aliphatic carbocycles. The average Bonchev–Trinajstić information content (AvgIpc) is 2.53. The largest absolute Gasteiger partial charge is 0.497 e. The topological polar surface area (TPSA) is 29.5 Å². The van der Waals surface area contributed by atoms with Crippen LogP contribution < -0.4 is 4.74 Å². The minimum atomic E-state index is -0.416. The van der Waals surface area contributed by atoms with Gasteiger partial charge >= 0.3 is 0 Å². The number of rotatable bonds is 6. The van der Waals surface area contributed by atoms with Crippen molar-refractivity contribution >= 4 is 11.8 Å². The molecule has 0 aliphatic rings. The number of aliphatic hydroxyl groups is 1. The number of benzene rings is 2. The first-order chi connectivity index (χ1) is 9.74. The van der Waals surface area contributed by atoms with Crippen molar-refractivity contribution in [1.29, 1.82) is 0 Å². The quantitative estimate of drug-likeness (QED) is 0.812. The number of aryl methyl sites for hydroxylation is 1. The molecule has 106 valence electrons. The van der Waals surface area contributed by atoms with Crippen molar-refractivity contribution in [2.75, 3.05) is 13.4 Å². The van der Waals surface area contributed by atoms with Gasteiger partial charge in [-0.3, -0.25) is 0 Å². The summed E-state index contributed by atoms with van der Waals surface area (Å²) >= 11 is 1.67. The zero-order valence-electron chi connectivity index (χ0n) is 11.9.